The lowest BCUT2D eigenvalue weighted by Crippen LogP contribution is -2.20. The predicted octanol–water partition coefficient (Wildman–Crippen LogP) is 0.828. The van der Waals surface area contributed by atoms with Crippen molar-refractivity contribution in [1.82, 2.24) is 0 Å². The number of benzene rings is 1. The number of hydrogen-bond acceptors (Lipinski definition) is 3. The molecule has 0 aliphatic heterocycles. The molecule has 0 bridgehead atoms. The average molecular weight is 195 g/mol. The molecule has 0 heterocycles. The summed E-state index contributed by atoms with van der Waals surface area (Å²) in [6.07, 6.45) is 0. The van der Waals surface area contributed by atoms with E-state index in [1.54, 1.807) is 19.1 Å². The third-order valence-corrected chi connectivity index (χ3v) is 2.17. The zero-order valence-electron chi connectivity index (χ0n) is 7.90. The van der Waals surface area contributed by atoms with Gasteiger partial charge in [0.1, 0.15) is 5.75 Å². The van der Waals surface area contributed by atoms with E-state index in [1.165, 1.54) is 6.07 Å². The van der Waals surface area contributed by atoms with Crippen molar-refractivity contribution in [2.24, 2.45) is 5.73 Å². The Morgan fingerprint density at radius 2 is 2.21 bits per heavy atom. The minimum Gasteiger partial charge on any atom is -0.508 e. The Kier molecular flexibility index (Phi) is 3.09. The molecule has 0 aliphatic rings. The maximum Gasteiger partial charge on any atom is 0.312 e. The molecule has 1 aromatic rings. The number of carbonyl (C=O) groups is 1. The van der Waals surface area contributed by atoms with E-state index < -0.39 is 11.9 Å². The van der Waals surface area contributed by atoms with Gasteiger partial charge >= 0.3 is 5.97 Å². The van der Waals surface area contributed by atoms with Crippen molar-refractivity contribution in [2.45, 2.75) is 12.8 Å². The zero-order chi connectivity index (χ0) is 10.7. The number of phenols is 1. The number of rotatable bonds is 3. The van der Waals surface area contributed by atoms with E-state index >= 15 is 0 Å². The second kappa shape index (κ2) is 4.11. The first kappa shape index (κ1) is 10.5. The lowest BCUT2D eigenvalue weighted by molar-refractivity contribution is -0.138. The number of hydrogen-bond donors (Lipinski definition) is 3. The van der Waals surface area contributed by atoms with Crippen molar-refractivity contribution in [3.8, 4) is 5.75 Å². The normalized spacial score (nSPS) is 12.4. The van der Waals surface area contributed by atoms with Gasteiger partial charge in [-0.05, 0) is 24.1 Å². The molecule has 76 valence electrons. The molecule has 0 amide bonds. The molecule has 0 fully saturated rings. The standard InChI is InChI=1S/C10H13NO3/c1-6-2-3-7(4-9(6)12)8(5-11)10(13)14/h2-4,8,12H,5,11H2,1H3,(H,13,14). The van der Waals surface area contributed by atoms with Gasteiger partial charge in [0, 0.05) is 6.54 Å². The molecule has 0 saturated heterocycles. The van der Waals surface area contributed by atoms with Crippen molar-refractivity contribution in [2.75, 3.05) is 6.54 Å². The van der Waals surface area contributed by atoms with Crippen LogP contribution in [0.15, 0.2) is 18.2 Å². The van der Waals surface area contributed by atoms with Crippen molar-refractivity contribution in [1.29, 1.82) is 0 Å². The fourth-order valence-corrected chi connectivity index (χ4v) is 1.22. The molecule has 0 spiro atoms. The van der Waals surface area contributed by atoms with Crippen molar-refractivity contribution in [3.05, 3.63) is 29.3 Å². The Morgan fingerprint density at radius 1 is 1.57 bits per heavy atom. The molecule has 1 unspecified atom stereocenters. The minimum absolute atomic E-state index is 0.0256. The first-order valence-corrected chi connectivity index (χ1v) is 4.28. The molecule has 0 saturated carbocycles. The molecule has 4 N–H and O–H groups in total. The number of nitrogens with two attached hydrogens (primary N) is 1. The monoisotopic (exact) mass is 195 g/mol. The van der Waals surface area contributed by atoms with Gasteiger partial charge in [-0.3, -0.25) is 4.79 Å². The van der Waals surface area contributed by atoms with Gasteiger partial charge in [-0.2, -0.15) is 0 Å². The molecular formula is C10H13NO3. The Morgan fingerprint density at radius 3 is 2.64 bits per heavy atom. The summed E-state index contributed by atoms with van der Waals surface area (Å²) in [5.41, 5.74) is 6.58. The summed E-state index contributed by atoms with van der Waals surface area (Å²) in [5, 5.41) is 18.2. The van der Waals surface area contributed by atoms with E-state index in [2.05, 4.69) is 0 Å². The van der Waals surface area contributed by atoms with E-state index in [9.17, 15) is 9.90 Å². The van der Waals surface area contributed by atoms with Crippen LogP contribution in [0.3, 0.4) is 0 Å². The molecule has 1 atom stereocenters. The van der Waals surface area contributed by atoms with E-state index in [-0.39, 0.29) is 12.3 Å². The van der Waals surface area contributed by atoms with Gasteiger partial charge in [0.15, 0.2) is 0 Å². The third-order valence-electron chi connectivity index (χ3n) is 2.17. The molecule has 4 heteroatoms. The Labute approximate surface area is 82.0 Å². The van der Waals surface area contributed by atoms with Gasteiger partial charge in [-0.1, -0.05) is 12.1 Å². The van der Waals surface area contributed by atoms with E-state index in [4.69, 9.17) is 10.8 Å². The maximum absolute atomic E-state index is 10.8. The summed E-state index contributed by atoms with van der Waals surface area (Å²) in [6, 6.07) is 4.79. The number of carboxylic acid groups (broad SMARTS) is 1. The Balaban J connectivity index is 3.06. The van der Waals surface area contributed by atoms with Gasteiger partial charge in [0.2, 0.25) is 0 Å². The third kappa shape index (κ3) is 2.03. The van der Waals surface area contributed by atoms with Crippen LogP contribution in [0.4, 0.5) is 0 Å². The SMILES string of the molecule is Cc1ccc(C(CN)C(=O)O)cc1O. The highest BCUT2D eigenvalue weighted by Crippen LogP contribution is 2.23. The molecule has 1 aromatic carbocycles. The fourth-order valence-electron chi connectivity index (χ4n) is 1.22. The maximum atomic E-state index is 10.8. The molecule has 0 aliphatic carbocycles. The molecule has 0 radical (unpaired) electrons. The van der Waals surface area contributed by atoms with E-state index in [0.717, 1.165) is 5.56 Å². The van der Waals surface area contributed by atoms with Crippen LogP contribution in [0, 0.1) is 6.92 Å². The summed E-state index contributed by atoms with van der Waals surface area (Å²) in [5.74, 6) is -1.63. The highest BCUT2D eigenvalue weighted by Gasteiger charge is 2.18. The first-order valence-electron chi connectivity index (χ1n) is 4.28. The van der Waals surface area contributed by atoms with E-state index in [1.807, 2.05) is 0 Å². The van der Waals surface area contributed by atoms with Crippen LogP contribution in [0.5, 0.6) is 5.75 Å². The van der Waals surface area contributed by atoms with Crippen molar-refractivity contribution in [3.63, 3.8) is 0 Å². The van der Waals surface area contributed by atoms with Crippen LogP contribution in [-0.4, -0.2) is 22.7 Å². The smallest absolute Gasteiger partial charge is 0.312 e. The molecule has 4 nitrogen and oxygen atoms in total. The number of carboxylic acids is 1. The van der Waals surface area contributed by atoms with Gasteiger partial charge in [0.25, 0.3) is 0 Å². The molecule has 1 rings (SSSR count). The number of aryl methyl sites for hydroxylation is 1. The molecule has 0 aromatic heterocycles. The minimum atomic E-state index is -0.976. The zero-order valence-corrected chi connectivity index (χ0v) is 7.90. The van der Waals surface area contributed by atoms with Crippen LogP contribution in [0.2, 0.25) is 0 Å². The first-order chi connectivity index (χ1) is 6.56. The second-order valence-electron chi connectivity index (χ2n) is 3.17. The van der Waals surface area contributed by atoms with Crippen LogP contribution >= 0.6 is 0 Å². The second-order valence-corrected chi connectivity index (χ2v) is 3.17. The summed E-state index contributed by atoms with van der Waals surface area (Å²) >= 11 is 0. The molecule has 14 heavy (non-hydrogen) atoms. The van der Waals surface area contributed by atoms with Crippen LogP contribution in [-0.2, 0) is 4.79 Å². The lowest BCUT2D eigenvalue weighted by atomic mass is 9.98. The lowest BCUT2D eigenvalue weighted by Gasteiger charge is -2.10. The largest absolute Gasteiger partial charge is 0.508 e. The predicted molar refractivity (Wildman–Crippen MR) is 52.3 cm³/mol. The number of phenolic OH excluding ortho intramolecular Hbond substituents is 1. The van der Waals surface area contributed by atoms with Crippen LogP contribution in [0.25, 0.3) is 0 Å². The topological polar surface area (TPSA) is 83.6 Å². The Hall–Kier alpha value is -1.55. The highest BCUT2D eigenvalue weighted by molar-refractivity contribution is 5.76. The number of aliphatic carboxylic acids is 1. The van der Waals surface area contributed by atoms with Gasteiger partial charge in [-0.15, -0.1) is 0 Å². The van der Waals surface area contributed by atoms with Crippen LogP contribution < -0.4 is 5.73 Å². The number of aromatic hydroxyl groups is 1. The summed E-state index contributed by atoms with van der Waals surface area (Å²) in [7, 11) is 0. The fraction of sp³-hybridized carbons (Fsp3) is 0.300. The summed E-state index contributed by atoms with van der Waals surface area (Å²) in [4.78, 5) is 10.8. The van der Waals surface area contributed by atoms with E-state index in [0.29, 0.717) is 5.56 Å². The van der Waals surface area contributed by atoms with Gasteiger partial charge in [-0.25, -0.2) is 0 Å². The molecular weight excluding hydrogens is 182 g/mol. The summed E-state index contributed by atoms with van der Waals surface area (Å²) < 4.78 is 0. The van der Waals surface area contributed by atoms with Crippen molar-refractivity contribution >= 4 is 5.97 Å². The quantitative estimate of drug-likeness (QED) is 0.667. The van der Waals surface area contributed by atoms with Crippen molar-refractivity contribution < 1.29 is 15.0 Å². The highest BCUT2D eigenvalue weighted by atomic mass is 16.4. The average Bonchev–Trinajstić information content (AvgIpc) is 2.11. The Bertz CT molecular complexity index is 349. The van der Waals surface area contributed by atoms with Gasteiger partial charge < -0.3 is 15.9 Å². The summed E-state index contributed by atoms with van der Waals surface area (Å²) in [6.45, 7) is 1.77. The van der Waals surface area contributed by atoms with Crippen LogP contribution in [0.1, 0.15) is 17.0 Å². The van der Waals surface area contributed by atoms with Gasteiger partial charge in [0.05, 0.1) is 5.92 Å².